The molecule has 0 N–H and O–H groups in total. The lowest BCUT2D eigenvalue weighted by Crippen LogP contribution is -2.41. The van der Waals surface area contributed by atoms with E-state index >= 15 is 0 Å². The quantitative estimate of drug-likeness (QED) is 0.547. The van der Waals surface area contributed by atoms with Crippen LogP contribution in [0.25, 0.3) is 0 Å². The second-order valence-corrected chi connectivity index (χ2v) is 4.72. The van der Waals surface area contributed by atoms with E-state index in [0.717, 1.165) is 26.1 Å². The smallest absolute Gasteiger partial charge is 0.175 e. The summed E-state index contributed by atoms with van der Waals surface area (Å²) in [6.45, 7) is 1.45. The van der Waals surface area contributed by atoms with Gasteiger partial charge in [-0.1, -0.05) is 0 Å². The number of rotatable bonds is 0. The van der Waals surface area contributed by atoms with Crippen molar-refractivity contribution in [1.29, 1.82) is 0 Å². The summed E-state index contributed by atoms with van der Waals surface area (Å²) in [6.07, 6.45) is 2.04. The van der Waals surface area contributed by atoms with Crippen molar-refractivity contribution >= 4 is 5.78 Å². The van der Waals surface area contributed by atoms with Gasteiger partial charge < -0.3 is 9.47 Å². The van der Waals surface area contributed by atoms with E-state index < -0.39 is 0 Å². The Morgan fingerprint density at radius 2 is 1.62 bits per heavy atom. The number of ether oxygens (including phenoxy) is 2. The third kappa shape index (κ3) is 0.647. The van der Waals surface area contributed by atoms with Gasteiger partial charge in [-0.3, -0.25) is 4.79 Å². The van der Waals surface area contributed by atoms with Crippen molar-refractivity contribution in [3.8, 4) is 0 Å². The van der Waals surface area contributed by atoms with Crippen LogP contribution >= 0.6 is 0 Å². The van der Waals surface area contributed by atoms with E-state index in [2.05, 4.69) is 0 Å². The topological polar surface area (TPSA) is 35.5 Å². The minimum Gasteiger partial charge on any atom is -0.347 e. The molecule has 4 fully saturated rings. The maximum atomic E-state index is 11.6. The minimum atomic E-state index is -0.302. The van der Waals surface area contributed by atoms with Crippen molar-refractivity contribution in [1.82, 2.24) is 0 Å². The summed E-state index contributed by atoms with van der Waals surface area (Å²) in [7, 11) is 0. The summed E-state index contributed by atoms with van der Waals surface area (Å²) >= 11 is 0. The standard InChI is InChI=1S/C10H12O3/c11-9-5-3-7(5)10(8-4-6(8)9)12-1-2-13-10/h5-8H,1-4H2/t5-,6-,7-,8+/m0/s1. The van der Waals surface area contributed by atoms with Gasteiger partial charge in [0.15, 0.2) is 5.79 Å². The molecule has 0 bridgehead atoms. The molecule has 0 aromatic carbocycles. The minimum absolute atomic E-state index is 0.293. The van der Waals surface area contributed by atoms with Crippen molar-refractivity contribution in [3.63, 3.8) is 0 Å². The number of carbonyl (C=O) groups is 1. The molecule has 0 amide bonds. The molecule has 0 aromatic heterocycles. The Labute approximate surface area is 76.4 Å². The molecule has 0 aromatic rings. The number of ketones is 1. The Morgan fingerprint density at radius 3 is 2.15 bits per heavy atom. The molecule has 3 nitrogen and oxygen atoms in total. The first-order valence-corrected chi connectivity index (χ1v) is 5.14. The summed E-state index contributed by atoms with van der Waals surface area (Å²) in [4.78, 5) is 11.6. The lowest BCUT2D eigenvalue weighted by molar-refractivity contribution is -0.200. The van der Waals surface area contributed by atoms with Gasteiger partial charge in [0.1, 0.15) is 5.78 Å². The molecule has 4 aliphatic rings. The van der Waals surface area contributed by atoms with Crippen LogP contribution in [0.4, 0.5) is 0 Å². The number of Topliss-reactive ketones (excluding diaryl/α,β-unsaturated/α-hetero) is 1. The van der Waals surface area contributed by atoms with Crippen molar-refractivity contribution < 1.29 is 14.3 Å². The Morgan fingerprint density at radius 1 is 1.08 bits per heavy atom. The largest absolute Gasteiger partial charge is 0.347 e. The molecule has 1 aliphatic heterocycles. The maximum absolute atomic E-state index is 11.6. The van der Waals surface area contributed by atoms with Gasteiger partial charge in [0, 0.05) is 23.7 Å². The van der Waals surface area contributed by atoms with Crippen LogP contribution < -0.4 is 0 Å². The van der Waals surface area contributed by atoms with Crippen LogP contribution in [0.5, 0.6) is 0 Å². The highest BCUT2D eigenvalue weighted by molar-refractivity contribution is 5.90. The van der Waals surface area contributed by atoms with E-state index in [1.54, 1.807) is 0 Å². The monoisotopic (exact) mass is 180 g/mol. The first kappa shape index (κ1) is 6.96. The number of fused-ring (bicyclic) bond motifs is 4. The fourth-order valence-corrected chi connectivity index (χ4v) is 3.33. The third-order valence-electron chi connectivity index (χ3n) is 4.08. The zero-order valence-corrected chi connectivity index (χ0v) is 7.36. The van der Waals surface area contributed by atoms with Crippen LogP contribution in [-0.4, -0.2) is 24.8 Å². The highest BCUT2D eigenvalue weighted by atomic mass is 16.7. The van der Waals surface area contributed by atoms with Crippen molar-refractivity contribution in [2.75, 3.05) is 13.2 Å². The normalized spacial score (nSPS) is 54.6. The van der Waals surface area contributed by atoms with Gasteiger partial charge in [-0.05, 0) is 12.8 Å². The highest BCUT2D eigenvalue weighted by Gasteiger charge is 2.74. The van der Waals surface area contributed by atoms with Gasteiger partial charge in [-0.15, -0.1) is 0 Å². The zero-order chi connectivity index (χ0) is 8.63. The molecule has 4 atom stereocenters. The zero-order valence-electron chi connectivity index (χ0n) is 7.36. The summed E-state index contributed by atoms with van der Waals surface area (Å²) in [6, 6.07) is 0. The van der Waals surface area contributed by atoms with Gasteiger partial charge in [-0.25, -0.2) is 0 Å². The fraction of sp³-hybridized carbons (Fsp3) is 0.900. The molecular weight excluding hydrogens is 168 g/mol. The second-order valence-electron chi connectivity index (χ2n) is 4.72. The van der Waals surface area contributed by atoms with Crippen molar-refractivity contribution in [3.05, 3.63) is 0 Å². The highest BCUT2D eigenvalue weighted by Crippen LogP contribution is 2.68. The third-order valence-corrected chi connectivity index (χ3v) is 4.08. The van der Waals surface area contributed by atoms with Gasteiger partial charge in [0.25, 0.3) is 0 Å². The van der Waals surface area contributed by atoms with Crippen LogP contribution in [0.3, 0.4) is 0 Å². The van der Waals surface area contributed by atoms with Gasteiger partial charge >= 0.3 is 0 Å². The predicted octanol–water partition coefficient (Wildman–Crippen LogP) is 0.584. The van der Waals surface area contributed by atoms with Crippen molar-refractivity contribution in [2.45, 2.75) is 18.6 Å². The molecule has 3 aliphatic carbocycles. The first-order valence-electron chi connectivity index (χ1n) is 5.14. The van der Waals surface area contributed by atoms with Gasteiger partial charge in [-0.2, -0.15) is 0 Å². The van der Waals surface area contributed by atoms with Crippen LogP contribution in [0, 0.1) is 23.7 Å². The molecule has 1 spiro atoms. The van der Waals surface area contributed by atoms with E-state index in [-0.39, 0.29) is 5.79 Å². The molecule has 3 heteroatoms. The Bertz CT molecular complexity index is 271. The van der Waals surface area contributed by atoms with E-state index in [4.69, 9.17) is 9.47 Å². The number of hydrogen-bond donors (Lipinski definition) is 0. The molecular formula is C10H12O3. The fourth-order valence-electron chi connectivity index (χ4n) is 3.33. The Balaban J connectivity index is 1.76. The average Bonchev–Trinajstić information content (AvgIpc) is 3.02. The molecule has 1 heterocycles. The average molecular weight is 180 g/mol. The van der Waals surface area contributed by atoms with E-state index in [9.17, 15) is 4.79 Å². The molecule has 1 saturated heterocycles. The van der Waals surface area contributed by atoms with Crippen molar-refractivity contribution in [2.24, 2.45) is 23.7 Å². The van der Waals surface area contributed by atoms with E-state index in [1.807, 2.05) is 0 Å². The first-order chi connectivity index (χ1) is 6.33. The lowest BCUT2D eigenvalue weighted by Gasteiger charge is -2.30. The number of hydrogen-bond acceptors (Lipinski definition) is 3. The number of carbonyl (C=O) groups excluding carboxylic acids is 1. The van der Waals surface area contributed by atoms with Crippen LogP contribution in [-0.2, 0) is 14.3 Å². The van der Waals surface area contributed by atoms with Crippen LogP contribution in [0.1, 0.15) is 12.8 Å². The van der Waals surface area contributed by atoms with Gasteiger partial charge in [0.05, 0.1) is 13.2 Å². The molecule has 0 radical (unpaired) electrons. The molecule has 4 rings (SSSR count). The second kappa shape index (κ2) is 1.84. The van der Waals surface area contributed by atoms with E-state index in [1.165, 1.54) is 0 Å². The molecule has 13 heavy (non-hydrogen) atoms. The maximum Gasteiger partial charge on any atom is 0.175 e. The summed E-state index contributed by atoms with van der Waals surface area (Å²) < 4.78 is 11.5. The molecule has 0 unspecified atom stereocenters. The predicted molar refractivity (Wildman–Crippen MR) is 42.8 cm³/mol. The Kier molecular flexibility index (Phi) is 0.984. The summed E-state index contributed by atoms with van der Waals surface area (Å²) in [5, 5.41) is 0. The summed E-state index contributed by atoms with van der Waals surface area (Å²) in [5.41, 5.74) is 0. The van der Waals surface area contributed by atoms with Crippen LogP contribution in [0.15, 0.2) is 0 Å². The van der Waals surface area contributed by atoms with Gasteiger partial charge in [0.2, 0.25) is 0 Å². The summed E-state index contributed by atoms with van der Waals surface area (Å²) in [5.74, 6) is 1.60. The van der Waals surface area contributed by atoms with Crippen LogP contribution in [0.2, 0.25) is 0 Å². The van der Waals surface area contributed by atoms with E-state index in [0.29, 0.717) is 29.5 Å². The SMILES string of the molecule is O=C1[C@H]2C[C@H]2C2(OCCO2)[C@H]2C[C@H]12. The lowest BCUT2D eigenvalue weighted by atomic mass is 9.93. The molecule has 70 valence electrons. The molecule has 3 saturated carbocycles. The Hall–Kier alpha value is -0.410.